The molecule has 0 bridgehead atoms. The molecule has 0 fully saturated rings. The van der Waals surface area contributed by atoms with Crippen molar-refractivity contribution in [3.05, 3.63) is 53.1 Å². The van der Waals surface area contributed by atoms with Gasteiger partial charge in [0.15, 0.2) is 0 Å². The molecule has 2 rings (SSSR count). The van der Waals surface area contributed by atoms with Gasteiger partial charge >= 0.3 is 0 Å². The molecule has 0 saturated heterocycles. The van der Waals surface area contributed by atoms with Crippen molar-refractivity contribution in [2.45, 2.75) is 6.54 Å². The molecular weight excluding hydrogens is 203 g/mol. The van der Waals surface area contributed by atoms with E-state index in [9.17, 15) is 4.39 Å². The first-order valence-electron chi connectivity index (χ1n) is 4.08. The van der Waals surface area contributed by atoms with Crippen LogP contribution >= 0.6 is 11.6 Å². The minimum Gasteiger partial charge on any atom is -0.268 e. The molecule has 0 unspecified atom stereocenters. The molecule has 4 heteroatoms. The van der Waals surface area contributed by atoms with Crippen LogP contribution in [0.5, 0.6) is 0 Å². The van der Waals surface area contributed by atoms with E-state index in [1.165, 1.54) is 12.1 Å². The Balaban J connectivity index is 2.28. The molecule has 0 atom stereocenters. The van der Waals surface area contributed by atoms with Crippen molar-refractivity contribution in [1.29, 1.82) is 0 Å². The van der Waals surface area contributed by atoms with E-state index in [4.69, 9.17) is 11.6 Å². The third kappa shape index (κ3) is 1.93. The lowest BCUT2D eigenvalue weighted by Crippen LogP contribution is -2.00. The number of aromatic nitrogens is 2. The van der Waals surface area contributed by atoms with Crippen LogP contribution in [-0.2, 0) is 6.54 Å². The third-order valence-electron chi connectivity index (χ3n) is 1.84. The topological polar surface area (TPSA) is 17.8 Å². The van der Waals surface area contributed by atoms with Crippen LogP contribution in [0.15, 0.2) is 30.6 Å². The van der Waals surface area contributed by atoms with Gasteiger partial charge < -0.3 is 0 Å². The van der Waals surface area contributed by atoms with Crippen molar-refractivity contribution in [3.63, 3.8) is 0 Å². The summed E-state index contributed by atoms with van der Waals surface area (Å²) in [5.74, 6) is -0.291. The molecule has 1 aromatic carbocycles. The summed E-state index contributed by atoms with van der Waals surface area (Å²) in [6.45, 7) is 0.458. The first kappa shape index (κ1) is 9.21. The molecule has 1 heterocycles. The first-order chi connectivity index (χ1) is 6.75. The van der Waals surface area contributed by atoms with Crippen LogP contribution in [0.1, 0.15) is 5.56 Å². The van der Waals surface area contributed by atoms with Crippen molar-refractivity contribution in [3.8, 4) is 0 Å². The Morgan fingerprint density at radius 3 is 3.07 bits per heavy atom. The lowest BCUT2D eigenvalue weighted by Gasteiger charge is -2.04. The Labute approximate surface area is 85.9 Å². The molecule has 2 aromatic rings. The van der Waals surface area contributed by atoms with Crippen LogP contribution in [0.4, 0.5) is 4.39 Å². The van der Waals surface area contributed by atoms with Crippen LogP contribution < -0.4 is 0 Å². The molecule has 1 radical (unpaired) electrons. The molecule has 1 aromatic heterocycles. The second kappa shape index (κ2) is 3.80. The summed E-state index contributed by atoms with van der Waals surface area (Å²) >= 11 is 5.90. The van der Waals surface area contributed by atoms with E-state index in [0.29, 0.717) is 17.1 Å². The highest BCUT2D eigenvalue weighted by molar-refractivity contribution is 6.31. The van der Waals surface area contributed by atoms with Gasteiger partial charge in [-0.15, -0.1) is 0 Å². The minimum absolute atomic E-state index is 0.291. The van der Waals surface area contributed by atoms with E-state index >= 15 is 0 Å². The highest BCUT2D eigenvalue weighted by atomic mass is 35.5. The van der Waals surface area contributed by atoms with Gasteiger partial charge in [-0.1, -0.05) is 11.6 Å². The van der Waals surface area contributed by atoms with Gasteiger partial charge in [0.2, 0.25) is 0 Å². The zero-order chi connectivity index (χ0) is 9.97. The number of hydrogen-bond acceptors (Lipinski definition) is 1. The normalized spacial score (nSPS) is 10.4. The Morgan fingerprint density at radius 2 is 2.36 bits per heavy atom. The lowest BCUT2D eigenvalue weighted by atomic mass is 10.2. The third-order valence-corrected chi connectivity index (χ3v) is 2.21. The SMILES string of the molecule is Fc1ccc(Cl)c(Cn2c[c]cn2)c1. The zero-order valence-corrected chi connectivity index (χ0v) is 8.00. The van der Waals surface area contributed by atoms with E-state index < -0.39 is 0 Å². The maximum Gasteiger partial charge on any atom is 0.123 e. The summed E-state index contributed by atoms with van der Waals surface area (Å²) in [5, 5.41) is 4.51. The maximum absolute atomic E-state index is 12.9. The molecule has 0 aliphatic heterocycles. The van der Waals surface area contributed by atoms with Gasteiger partial charge in [0.25, 0.3) is 0 Å². The Bertz CT molecular complexity index is 426. The molecular formula is C10H7ClFN2. The second-order valence-electron chi connectivity index (χ2n) is 2.87. The maximum atomic E-state index is 12.9. The standard InChI is InChI=1S/C10H7ClFN2/c11-10-3-2-9(12)6-8(10)7-14-5-1-4-13-14/h2-6H,7H2. The molecule has 71 valence electrons. The summed E-state index contributed by atoms with van der Waals surface area (Å²) in [7, 11) is 0. The summed E-state index contributed by atoms with van der Waals surface area (Å²) in [5.41, 5.74) is 0.712. The van der Waals surface area contributed by atoms with Crippen molar-refractivity contribution in [1.82, 2.24) is 9.78 Å². The van der Waals surface area contributed by atoms with Crippen molar-refractivity contribution in [2.24, 2.45) is 0 Å². The average Bonchev–Trinajstić information content (AvgIpc) is 2.64. The fourth-order valence-corrected chi connectivity index (χ4v) is 1.36. The fourth-order valence-electron chi connectivity index (χ4n) is 1.19. The molecule has 0 N–H and O–H groups in total. The van der Waals surface area contributed by atoms with E-state index in [1.54, 1.807) is 23.1 Å². The smallest absolute Gasteiger partial charge is 0.123 e. The van der Waals surface area contributed by atoms with E-state index in [2.05, 4.69) is 11.2 Å². The van der Waals surface area contributed by atoms with Gasteiger partial charge in [-0.05, 0) is 23.8 Å². The van der Waals surface area contributed by atoms with E-state index in [0.717, 1.165) is 0 Å². The number of rotatable bonds is 2. The number of hydrogen-bond donors (Lipinski definition) is 0. The van der Waals surface area contributed by atoms with Gasteiger partial charge in [0.1, 0.15) is 5.82 Å². The van der Waals surface area contributed by atoms with Crippen LogP contribution in [0.25, 0.3) is 0 Å². The lowest BCUT2D eigenvalue weighted by molar-refractivity contribution is 0.619. The number of nitrogens with zero attached hydrogens (tertiary/aromatic N) is 2. The van der Waals surface area contributed by atoms with Crippen LogP contribution in [0, 0.1) is 11.9 Å². The number of benzene rings is 1. The molecule has 0 spiro atoms. The summed E-state index contributed by atoms with van der Waals surface area (Å²) in [6.07, 6.45) is 3.23. The zero-order valence-electron chi connectivity index (χ0n) is 7.24. The molecule has 0 saturated carbocycles. The summed E-state index contributed by atoms with van der Waals surface area (Å²) < 4.78 is 14.5. The predicted molar refractivity (Wildman–Crippen MR) is 51.6 cm³/mol. The van der Waals surface area contributed by atoms with Gasteiger partial charge in [-0.3, -0.25) is 4.68 Å². The largest absolute Gasteiger partial charge is 0.268 e. The Morgan fingerprint density at radius 1 is 1.50 bits per heavy atom. The Kier molecular flexibility index (Phi) is 2.50. The summed E-state index contributed by atoms with van der Waals surface area (Å²) in [4.78, 5) is 0. The van der Waals surface area contributed by atoms with Crippen LogP contribution in [0.2, 0.25) is 5.02 Å². The van der Waals surface area contributed by atoms with Gasteiger partial charge in [-0.25, -0.2) is 4.39 Å². The first-order valence-corrected chi connectivity index (χ1v) is 4.46. The van der Waals surface area contributed by atoms with Crippen molar-refractivity contribution in [2.75, 3.05) is 0 Å². The monoisotopic (exact) mass is 209 g/mol. The van der Waals surface area contributed by atoms with E-state index in [1.807, 2.05) is 0 Å². The van der Waals surface area contributed by atoms with Gasteiger partial charge in [0.05, 0.1) is 12.7 Å². The molecule has 0 amide bonds. The Hall–Kier alpha value is -1.35. The predicted octanol–water partition coefficient (Wildman–Crippen LogP) is 2.52. The molecule has 14 heavy (non-hydrogen) atoms. The van der Waals surface area contributed by atoms with Gasteiger partial charge in [0, 0.05) is 17.3 Å². The van der Waals surface area contributed by atoms with Crippen molar-refractivity contribution < 1.29 is 4.39 Å². The van der Waals surface area contributed by atoms with Crippen LogP contribution in [0.3, 0.4) is 0 Å². The number of halogens is 2. The highest BCUT2D eigenvalue weighted by Crippen LogP contribution is 2.17. The van der Waals surface area contributed by atoms with Crippen LogP contribution in [-0.4, -0.2) is 9.78 Å². The van der Waals surface area contributed by atoms with Gasteiger partial charge in [-0.2, -0.15) is 5.10 Å². The molecule has 2 nitrogen and oxygen atoms in total. The molecule has 0 aliphatic rings. The fraction of sp³-hybridized carbons (Fsp3) is 0.100. The quantitative estimate of drug-likeness (QED) is 0.743. The summed E-state index contributed by atoms with van der Waals surface area (Å²) in [6, 6.07) is 7.08. The second-order valence-corrected chi connectivity index (χ2v) is 3.28. The highest BCUT2D eigenvalue weighted by Gasteiger charge is 2.02. The minimum atomic E-state index is -0.291. The average molecular weight is 210 g/mol. The molecule has 0 aliphatic carbocycles. The van der Waals surface area contributed by atoms with Crippen molar-refractivity contribution >= 4 is 11.6 Å². The van der Waals surface area contributed by atoms with E-state index in [-0.39, 0.29) is 5.82 Å².